The molecule has 1 aromatic carbocycles. The Morgan fingerprint density at radius 1 is 1.23 bits per heavy atom. The summed E-state index contributed by atoms with van der Waals surface area (Å²) in [6.07, 6.45) is 5.73. The molecule has 3 atom stereocenters. The van der Waals surface area contributed by atoms with E-state index in [9.17, 15) is 0 Å². The second kappa shape index (κ2) is 4.93. The van der Waals surface area contributed by atoms with Crippen molar-refractivity contribution in [3.63, 3.8) is 0 Å². The van der Waals surface area contributed by atoms with E-state index in [-0.39, 0.29) is 0 Å². The van der Waals surface area contributed by atoms with E-state index < -0.39 is 14.1 Å². The highest BCUT2D eigenvalue weighted by Gasteiger charge is 2.56. The van der Waals surface area contributed by atoms with Crippen LogP contribution in [-0.2, 0) is 15.7 Å². The Bertz CT molecular complexity index is 622. The van der Waals surface area contributed by atoms with E-state index in [0.29, 0.717) is 11.8 Å². The first kappa shape index (κ1) is 14.5. The zero-order valence-electron chi connectivity index (χ0n) is 13.8. The van der Waals surface area contributed by atoms with Gasteiger partial charge in [0.05, 0.1) is 5.71 Å². The van der Waals surface area contributed by atoms with Crippen molar-refractivity contribution in [3.05, 3.63) is 35.4 Å². The van der Waals surface area contributed by atoms with Gasteiger partial charge in [-0.05, 0) is 50.9 Å². The third-order valence-corrected chi connectivity index (χ3v) is 6.20. The molecule has 3 nitrogen and oxygen atoms in total. The fourth-order valence-electron chi connectivity index (χ4n) is 4.53. The summed E-state index contributed by atoms with van der Waals surface area (Å²) in [5.74, 6) is 0.535. The minimum atomic E-state index is -1.66. The molecule has 0 bridgehead atoms. The lowest BCUT2D eigenvalue weighted by molar-refractivity contribution is -0.226. The van der Waals surface area contributed by atoms with Crippen LogP contribution in [0.1, 0.15) is 36.8 Å². The molecule has 1 aliphatic heterocycles. The van der Waals surface area contributed by atoms with E-state index in [1.54, 1.807) is 0 Å². The van der Waals surface area contributed by atoms with E-state index in [1.165, 1.54) is 36.1 Å². The Kier molecular flexibility index (Phi) is 3.24. The summed E-state index contributed by atoms with van der Waals surface area (Å²) in [4.78, 5) is 6.09. The Hall–Kier alpha value is -1.13. The van der Waals surface area contributed by atoms with Gasteiger partial charge in [0.25, 0.3) is 0 Å². The minimum absolute atomic E-state index is 0.440. The predicted molar refractivity (Wildman–Crippen MR) is 90.4 cm³/mol. The van der Waals surface area contributed by atoms with Crippen molar-refractivity contribution in [2.75, 3.05) is 0 Å². The van der Waals surface area contributed by atoms with Crippen molar-refractivity contribution in [2.45, 2.75) is 57.5 Å². The number of aryl methyl sites for hydroxylation is 1. The maximum atomic E-state index is 6.54. The van der Waals surface area contributed by atoms with Gasteiger partial charge in [0, 0.05) is 23.8 Å². The van der Waals surface area contributed by atoms with Crippen LogP contribution in [-0.4, -0.2) is 19.8 Å². The van der Waals surface area contributed by atoms with Crippen LogP contribution in [0.25, 0.3) is 0 Å². The molecular weight excluding hydrogens is 290 g/mol. The number of oxime groups is 1. The van der Waals surface area contributed by atoms with Crippen molar-refractivity contribution in [1.29, 1.82) is 0 Å². The number of benzene rings is 1. The molecule has 0 unspecified atom stereocenters. The Balaban J connectivity index is 1.73. The molecule has 1 saturated carbocycles. The topological polar surface area (TPSA) is 30.8 Å². The van der Waals surface area contributed by atoms with Crippen molar-refractivity contribution in [2.24, 2.45) is 17.0 Å². The lowest BCUT2D eigenvalue weighted by Crippen LogP contribution is -2.53. The van der Waals surface area contributed by atoms with Gasteiger partial charge in [0.15, 0.2) is 8.32 Å². The molecule has 0 radical (unpaired) electrons. The molecule has 118 valence electrons. The molecule has 0 saturated heterocycles. The lowest BCUT2D eigenvalue weighted by Gasteiger charge is -2.45. The number of hydrogen-bond acceptors (Lipinski definition) is 3. The van der Waals surface area contributed by atoms with Crippen molar-refractivity contribution in [3.8, 4) is 0 Å². The van der Waals surface area contributed by atoms with Crippen LogP contribution < -0.4 is 0 Å². The Labute approximate surface area is 133 Å². The van der Waals surface area contributed by atoms with Crippen molar-refractivity contribution in [1.82, 2.24) is 0 Å². The molecular formula is C18H25NO2Si. The fourth-order valence-corrected chi connectivity index (χ4v) is 5.86. The third kappa shape index (κ3) is 2.24. The summed E-state index contributed by atoms with van der Waals surface area (Å²) < 4.78 is 6.54. The van der Waals surface area contributed by atoms with Gasteiger partial charge < -0.3 is 9.26 Å². The second-order valence-corrected chi connectivity index (χ2v) is 12.3. The SMILES string of the molecule is C[Si](C)(C)O[C@@]12CCC[C@@H]1[C@H]1CCc3ccccc3C1=NO2. The van der Waals surface area contributed by atoms with Gasteiger partial charge >= 0.3 is 0 Å². The molecule has 0 N–H and O–H groups in total. The number of fused-ring (bicyclic) bond motifs is 5. The van der Waals surface area contributed by atoms with Gasteiger partial charge in [-0.2, -0.15) is 0 Å². The van der Waals surface area contributed by atoms with Crippen LogP contribution in [0.2, 0.25) is 19.6 Å². The first-order valence-electron chi connectivity index (χ1n) is 8.53. The van der Waals surface area contributed by atoms with Crippen LogP contribution in [0.15, 0.2) is 29.4 Å². The fraction of sp³-hybridized carbons (Fsp3) is 0.611. The zero-order chi connectivity index (χ0) is 15.4. The highest BCUT2D eigenvalue weighted by atomic mass is 28.4. The van der Waals surface area contributed by atoms with Gasteiger partial charge in [-0.3, -0.25) is 0 Å². The lowest BCUT2D eigenvalue weighted by atomic mass is 9.73. The summed E-state index contributed by atoms with van der Waals surface area (Å²) in [5, 5.41) is 4.61. The molecule has 0 spiro atoms. The van der Waals surface area contributed by atoms with Crippen LogP contribution in [0, 0.1) is 11.8 Å². The minimum Gasteiger partial charge on any atom is -0.380 e. The molecule has 22 heavy (non-hydrogen) atoms. The summed E-state index contributed by atoms with van der Waals surface area (Å²) in [5.41, 5.74) is 3.88. The zero-order valence-corrected chi connectivity index (χ0v) is 14.8. The van der Waals surface area contributed by atoms with E-state index in [2.05, 4.69) is 49.1 Å². The average molecular weight is 315 g/mol. The van der Waals surface area contributed by atoms with Gasteiger partial charge in [-0.1, -0.05) is 29.4 Å². The number of nitrogens with zero attached hydrogens (tertiary/aromatic N) is 1. The number of hydrogen-bond donors (Lipinski definition) is 0. The smallest absolute Gasteiger partial charge is 0.231 e. The maximum absolute atomic E-state index is 6.54. The van der Waals surface area contributed by atoms with Crippen LogP contribution in [0.3, 0.4) is 0 Å². The average Bonchev–Trinajstić information content (AvgIpc) is 2.88. The van der Waals surface area contributed by atoms with E-state index in [1.807, 2.05) is 0 Å². The summed E-state index contributed by atoms with van der Waals surface area (Å²) >= 11 is 0. The Morgan fingerprint density at radius 3 is 2.86 bits per heavy atom. The molecule has 4 heteroatoms. The molecule has 3 aliphatic rings. The third-order valence-electron chi connectivity index (χ3n) is 5.24. The molecule has 1 aromatic rings. The molecule has 1 heterocycles. The largest absolute Gasteiger partial charge is 0.380 e. The summed E-state index contributed by atoms with van der Waals surface area (Å²) in [6, 6.07) is 8.66. The molecule has 2 aliphatic carbocycles. The molecule has 1 fully saturated rings. The van der Waals surface area contributed by atoms with Crippen molar-refractivity contribution >= 4 is 14.0 Å². The molecule has 4 rings (SSSR count). The quantitative estimate of drug-likeness (QED) is 0.761. The van der Waals surface area contributed by atoms with Crippen molar-refractivity contribution < 1.29 is 9.26 Å². The van der Waals surface area contributed by atoms with Gasteiger partial charge in [-0.25, -0.2) is 0 Å². The maximum Gasteiger partial charge on any atom is 0.231 e. The van der Waals surface area contributed by atoms with Crippen LogP contribution >= 0.6 is 0 Å². The summed E-state index contributed by atoms with van der Waals surface area (Å²) in [6.45, 7) is 6.74. The molecule has 0 amide bonds. The highest BCUT2D eigenvalue weighted by Crippen LogP contribution is 2.51. The van der Waals surface area contributed by atoms with Gasteiger partial charge in [0.1, 0.15) is 0 Å². The predicted octanol–water partition coefficient (Wildman–Crippen LogP) is 4.33. The first-order chi connectivity index (χ1) is 10.5. The second-order valence-electron chi connectivity index (χ2n) is 7.90. The number of rotatable bonds is 2. The Morgan fingerprint density at radius 2 is 2.05 bits per heavy atom. The first-order valence-corrected chi connectivity index (χ1v) is 11.9. The van der Waals surface area contributed by atoms with E-state index >= 15 is 0 Å². The van der Waals surface area contributed by atoms with Crippen LogP contribution in [0.5, 0.6) is 0 Å². The molecule has 0 aromatic heterocycles. The summed E-state index contributed by atoms with van der Waals surface area (Å²) in [7, 11) is -1.66. The normalized spacial score (nSPS) is 33.3. The monoisotopic (exact) mass is 315 g/mol. The van der Waals surface area contributed by atoms with E-state index in [0.717, 1.165) is 12.8 Å². The van der Waals surface area contributed by atoms with Gasteiger partial charge in [-0.15, -0.1) is 0 Å². The van der Waals surface area contributed by atoms with E-state index in [4.69, 9.17) is 9.26 Å². The van der Waals surface area contributed by atoms with Crippen LogP contribution in [0.4, 0.5) is 0 Å². The van der Waals surface area contributed by atoms with Gasteiger partial charge in [0.2, 0.25) is 5.79 Å². The highest BCUT2D eigenvalue weighted by molar-refractivity contribution is 6.69. The standard InChI is InChI=1S/C18H25NO2Si/c1-22(2,3)21-18-12-6-9-16(18)15-11-10-13-7-4-5-8-14(13)17(15)19-20-18/h4-5,7-8,15-16H,6,9-12H2,1-3H3/t15-,16-,18+/m1/s1.